The molecule has 1 radical (unpaired) electrons. The lowest BCUT2D eigenvalue weighted by Crippen LogP contribution is -2.45. The highest BCUT2D eigenvalue weighted by atomic mass is 16.5. The van der Waals surface area contributed by atoms with Gasteiger partial charge in [-0.3, -0.25) is 0 Å². The zero-order valence-corrected chi connectivity index (χ0v) is 10.2. The highest BCUT2D eigenvalue weighted by Crippen LogP contribution is 2.62. The van der Waals surface area contributed by atoms with Crippen molar-refractivity contribution < 1.29 is 4.74 Å². The molecule has 2 unspecified atom stereocenters. The van der Waals surface area contributed by atoms with Crippen molar-refractivity contribution in [3.05, 3.63) is 6.42 Å². The number of fused-ring (bicyclic) bond motifs is 2. The van der Waals surface area contributed by atoms with Crippen LogP contribution in [-0.2, 0) is 4.74 Å². The molecule has 2 aliphatic rings. The predicted molar refractivity (Wildman–Crippen MR) is 59.0 cm³/mol. The van der Waals surface area contributed by atoms with Gasteiger partial charge >= 0.3 is 0 Å². The normalized spacial score (nSPS) is 40.5. The summed E-state index contributed by atoms with van der Waals surface area (Å²) >= 11 is 0. The predicted octanol–water partition coefficient (Wildman–Crippen LogP) is 3.58. The third kappa shape index (κ3) is 1.32. The summed E-state index contributed by atoms with van der Waals surface area (Å²) in [7, 11) is 0. The molecule has 0 aromatic carbocycles. The summed E-state index contributed by atoms with van der Waals surface area (Å²) < 4.78 is 6.34. The first kappa shape index (κ1) is 10.5. The Kier molecular flexibility index (Phi) is 2.06. The van der Waals surface area contributed by atoms with E-state index in [9.17, 15) is 0 Å². The molecular weight excluding hydrogens is 172 g/mol. The van der Waals surface area contributed by atoms with E-state index in [1.807, 2.05) is 0 Å². The van der Waals surface area contributed by atoms with Crippen molar-refractivity contribution in [2.24, 2.45) is 11.3 Å². The summed E-state index contributed by atoms with van der Waals surface area (Å²) in [6.45, 7) is 11.2. The fraction of sp³-hybridized carbons (Fsp3) is 0.923. The van der Waals surface area contributed by atoms with Crippen LogP contribution < -0.4 is 0 Å². The van der Waals surface area contributed by atoms with Crippen LogP contribution in [0.25, 0.3) is 0 Å². The molecule has 2 atom stereocenters. The maximum absolute atomic E-state index is 6.34. The first-order valence-corrected chi connectivity index (χ1v) is 5.81. The number of hydrogen-bond donors (Lipinski definition) is 0. The van der Waals surface area contributed by atoms with Gasteiger partial charge in [0.25, 0.3) is 0 Å². The van der Waals surface area contributed by atoms with Crippen molar-refractivity contribution in [2.45, 2.75) is 65.1 Å². The molecule has 0 N–H and O–H groups in total. The SMILES string of the molecule is CC(C)(C)OC12[CH]CC(CC1)C2(C)C. The first-order valence-electron chi connectivity index (χ1n) is 5.81. The largest absolute Gasteiger partial charge is 0.369 e. The quantitative estimate of drug-likeness (QED) is 0.621. The van der Waals surface area contributed by atoms with Crippen LogP contribution in [0.4, 0.5) is 0 Å². The van der Waals surface area contributed by atoms with Gasteiger partial charge in [-0.2, -0.15) is 0 Å². The average Bonchev–Trinajstić information content (AvgIpc) is 2.34. The molecule has 2 bridgehead atoms. The molecule has 0 aromatic heterocycles. The molecule has 0 saturated heterocycles. The van der Waals surface area contributed by atoms with E-state index in [-0.39, 0.29) is 11.2 Å². The van der Waals surface area contributed by atoms with Crippen LogP contribution in [0.5, 0.6) is 0 Å². The van der Waals surface area contributed by atoms with E-state index in [0.29, 0.717) is 5.41 Å². The van der Waals surface area contributed by atoms with Crippen LogP contribution in [0.2, 0.25) is 0 Å². The van der Waals surface area contributed by atoms with Gasteiger partial charge in [-0.25, -0.2) is 0 Å². The molecule has 0 spiro atoms. The van der Waals surface area contributed by atoms with Gasteiger partial charge < -0.3 is 4.74 Å². The van der Waals surface area contributed by atoms with Crippen molar-refractivity contribution in [1.82, 2.24) is 0 Å². The minimum absolute atomic E-state index is 0.0208. The van der Waals surface area contributed by atoms with Crippen LogP contribution >= 0.6 is 0 Å². The molecule has 2 rings (SSSR count). The second-order valence-corrected chi connectivity index (χ2v) is 6.50. The van der Waals surface area contributed by atoms with Crippen LogP contribution in [0.1, 0.15) is 53.9 Å². The molecule has 2 aliphatic carbocycles. The maximum Gasteiger partial charge on any atom is 0.0774 e. The van der Waals surface area contributed by atoms with Gasteiger partial charge in [0.2, 0.25) is 0 Å². The highest BCUT2D eigenvalue weighted by Gasteiger charge is 2.61. The first-order chi connectivity index (χ1) is 6.27. The van der Waals surface area contributed by atoms with E-state index in [2.05, 4.69) is 41.0 Å². The molecule has 2 fully saturated rings. The average molecular weight is 195 g/mol. The summed E-state index contributed by atoms with van der Waals surface area (Å²) in [4.78, 5) is 0. The minimum atomic E-state index is -0.0208. The van der Waals surface area contributed by atoms with E-state index in [1.54, 1.807) is 0 Å². The fourth-order valence-corrected chi connectivity index (χ4v) is 3.30. The van der Waals surface area contributed by atoms with Gasteiger partial charge in [0.15, 0.2) is 0 Å². The van der Waals surface area contributed by atoms with Crippen LogP contribution in [0.15, 0.2) is 0 Å². The third-order valence-electron chi connectivity index (χ3n) is 4.20. The Morgan fingerprint density at radius 1 is 1.29 bits per heavy atom. The second kappa shape index (κ2) is 2.75. The summed E-state index contributed by atoms with van der Waals surface area (Å²) in [6, 6.07) is 0. The highest BCUT2D eigenvalue weighted by molar-refractivity contribution is 5.19. The standard InChI is InChI=1S/C13H23O/c1-11(2,3)14-13-8-6-10(7-9-13)12(13,4)5/h8,10H,6-7,9H2,1-5H3. The van der Waals surface area contributed by atoms with E-state index in [0.717, 1.165) is 5.92 Å². The maximum atomic E-state index is 6.34. The van der Waals surface area contributed by atoms with Gasteiger partial charge in [0, 0.05) is 0 Å². The summed E-state index contributed by atoms with van der Waals surface area (Å²) in [5.41, 5.74) is 0.392. The second-order valence-electron chi connectivity index (χ2n) is 6.50. The van der Waals surface area contributed by atoms with Gasteiger partial charge in [0.1, 0.15) is 0 Å². The van der Waals surface area contributed by atoms with Crippen molar-refractivity contribution in [3.8, 4) is 0 Å². The monoisotopic (exact) mass is 195 g/mol. The lowest BCUT2D eigenvalue weighted by molar-refractivity contribution is -0.149. The third-order valence-corrected chi connectivity index (χ3v) is 4.20. The molecule has 0 amide bonds. The van der Waals surface area contributed by atoms with Crippen molar-refractivity contribution >= 4 is 0 Å². The van der Waals surface area contributed by atoms with Crippen LogP contribution in [0, 0.1) is 17.8 Å². The molecule has 81 valence electrons. The molecule has 2 saturated carbocycles. The Bertz CT molecular complexity index is 226. The Morgan fingerprint density at radius 2 is 1.93 bits per heavy atom. The molecular formula is C13H23O. The molecule has 1 heteroatoms. The zero-order chi connectivity index (χ0) is 10.6. The van der Waals surface area contributed by atoms with Crippen molar-refractivity contribution in [3.63, 3.8) is 0 Å². The van der Waals surface area contributed by atoms with Gasteiger partial charge in [-0.05, 0) is 57.8 Å². The number of ether oxygens (including phenoxy) is 1. The Balaban J connectivity index is 2.23. The van der Waals surface area contributed by atoms with E-state index in [1.165, 1.54) is 19.3 Å². The fourth-order valence-electron chi connectivity index (χ4n) is 3.30. The Hall–Kier alpha value is -0.0400. The molecule has 0 aromatic rings. The van der Waals surface area contributed by atoms with Crippen molar-refractivity contribution in [1.29, 1.82) is 0 Å². The lowest BCUT2D eigenvalue weighted by atomic mass is 9.78. The van der Waals surface area contributed by atoms with E-state index in [4.69, 9.17) is 4.74 Å². The number of hydrogen-bond acceptors (Lipinski definition) is 1. The van der Waals surface area contributed by atoms with Crippen molar-refractivity contribution in [2.75, 3.05) is 0 Å². The topological polar surface area (TPSA) is 9.23 Å². The molecule has 1 nitrogen and oxygen atoms in total. The van der Waals surface area contributed by atoms with E-state index < -0.39 is 0 Å². The summed E-state index contributed by atoms with van der Waals surface area (Å²) in [6.07, 6.45) is 6.26. The van der Waals surface area contributed by atoms with Gasteiger partial charge in [0.05, 0.1) is 11.2 Å². The minimum Gasteiger partial charge on any atom is -0.369 e. The number of rotatable bonds is 1. The molecule has 14 heavy (non-hydrogen) atoms. The Labute approximate surface area is 88.2 Å². The van der Waals surface area contributed by atoms with Crippen LogP contribution in [-0.4, -0.2) is 11.2 Å². The zero-order valence-electron chi connectivity index (χ0n) is 10.2. The molecule has 0 aliphatic heterocycles. The Morgan fingerprint density at radius 3 is 2.21 bits per heavy atom. The summed E-state index contributed by atoms with van der Waals surface area (Å²) in [5, 5.41) is 0. The lowest BCUT2D eigenvalue weighted by Gasteiger charge is -2.42. The smallest absolute Gasteiger partial charge is 0.0774 e. The molecule has 0 heterocycles. The van der Waals surface area contributed by atoms with Gasteiger partial charge in [-0.15, -0.1) is 0 Å². The van der Waals surface area contributed by atoms with Crippen LogP contribution in [0.3, 0.4) is 0 Å². The van der Waals surface area contributed by atoms with E-state index >= 15 is 0 Å². The van der Waals surface area contributed by atoms with Gasteiger partial charge in [-0.1, -0.05) is 13.8 Å². The summed E-state index contributed by atoms with van der Waals surface area (Å²) in [5.74, 6) is 0.852.